The summed E-state index contributed by atoms with van der Waals surface area (Å²) >= 11 is 0. The summed E-state index contributed by atoms with van der Waals surface area (Å²) in [5, 5.41) is 0. The van der Waals surface area contributed by atoms with Crippen molar-refractivity contribution in [2.24, 2.45) is 0 Å². The van der Waals surface area contributed by atoms with E-state index in [1.165, 1.54) is 50.0 Å². The Morgan fingerprint density at radius 3 is 2.78 bits per heavy atom. The number of benzene rings is 1. The van der Waals surface area contributed by atoms with Gasteiger partial charge in [-0.2, -0.15) is 0 Å². The van der Waals surface area contributed by atoms with E-state index in [2.05, 4.69) is 46.4 Å². The number of hydrogen-bond acceptors (Lipinski definition) is 1. The predicted molar refractivity (Wildman–Crippen MR) is 75.9 cm³/mol. The van der Waals surface area contributed by atoms with Gasteiger partial charge in [0.1, 0.15) is 6.54 Å². The maximum Gasteiger partial charge on any atom is 0.247 e. The first-order chi connectivity index (χ1) is 8.84. The van der Waals surface area contributed by atoms with Crippen molar-refractivity contribution < 1.29 is 4.58 Å². The van der Waals surface area contributed by atoms with E-state index in [1.807, 2.05) is 0 Å². The normalized spacial score (nSPS) is 19.0. The molecule has 94 valence electrons. The number of nitrogens with zero attached hydrogens (tertiary/aromatic N) is 2. The standard InChI is InChI=1S/C16H21N2/c1-14(15-7-3-2-4-8-15)13-18-12-6-11-17-10-5-9-16(17)18/h2-4,7-8H,1,5-6,9-13H2/q+1. The molecule has 3 rings (SSSR count). The molecular formula is C16H21N2+. The van der Waals surface area contributed by atoms with E-state index in [9.17, 15) is 0 Å². The van der Waals surface area contributed by atoms with Crippen molar-refractivity contribution in [3.05, 3.63) is 42.5 Å². The van der Waals surface area contributed by atoms with Gasteiger partial charge in [0, 0.05) is 6.42 Å². The SMILES string of the molecule is C=C(CN1CCC[N+]2=C1CCC2)c1ccccc1. The Bertz CT molecular complexity index is 473. The molecule has 2 heteroatoms. The third kappa shape index (κ3) is 2.20. The fraction of sp³-hybridized carbons (Fsp3) is 0.438. The number of rotatable bonds is 3. The molecule has 0 fully saturated rings. The summed E-state index contributed by atoms with van der Waals surface area (Å²) in [6.07, 6.45) is 3.86. The minimum Gasteiger partial charge on any atom is -0.266 e. The summed E-state index contributed by atoms with van der Waals surface area (Å²) < 4.78 is 2.56. The van der Waals surface area contributed by atoms with Gasteiger partial charge in [0.15, 0.2) is 0 Å². The Hall–Kier alpha value is -1.57. The summed E-state index contributed by atoms with van der Waals surface area (Å²) in [6, 6.07) is 10.6. The van der Waals surface area contributed by atoms with Gasteiger partial charge in [-0.05, 0) is 17.6 Å². The summed E-state index contributed by atoms with van der Waals surface area (Å²) in [5.74, 6) is 1.55. The van der Waals surface area contributed by atoms with Crippen LogP contribution in [0.3, 0.4) is 0 Å². The molecule has 2 aliphatic rings. The largest absolute Gasteiger partial charge is 0.266 e. The van der Waals surface area contributed by atoms with Gasteiger partial charge >= 0.3 is 0 Å². The molecule has 1 aromatic carbocycles. The van der Waals surface area contributed by atoms with Crippen molar-refractivity contribution >= 4 is 11.4 Å². The Balaban J connectivity index is 1.73. The van der Waals surface area contributed by atoms with Gasteiger partial charge in [-0.1, -0.05) is 36.9 Å². The zero-order valence-electron chi connectivity index (χ0n) is 10.9. The highest BCUT2D eigenvalue weighted by Crippen LogP contribution is 2.19. The van der Waals surface area contributed by atoms with Gasteiger partial charge in [-0.25, -0.2) is 0 Å². The average molecular weight is 241 g/mol. The van der Waals surface area contributed by atoms with Crippen molar-refractivity contribution in [3.8, 4) is 0 Å². The number of amidine groups is 1. The molecule has 0 saturated carbocycles. The van der Waals surface area contributed by atoms with E-state index in [4.69, 9.17) is 0 Å². The molecule has 2 aliphatic heterocycles. The van der Waals surface area contributed by atoms with Crippen LogP contribution < -0.4 is 0 Å². The minimum atomic E-state index is 0.982. The Morgan fingerprint density at radius 1 is 1.17 bits per heavy atom. The third-order valence-electron chi connectivity index (χ3n) is 3.98. The van der Waals surface area contributed by atoms with Crippen LogP contribution >= 0.6 is 0 Å². The van der Waals surface area contributed by atoms with Crippen molar-refractivity contribution in [1.29, 1.82) is 0 Å². The summed E-state index contributed by atoms with van der Waals surface area (Å²) in [4.78, 5) is 2.53. The van der Waals surface area contributed by atoms with Crippen LogP contribution in [0.4, 0.5) is 0 Å². The molecule has 2 nitrogen and oxygen atoms in total. The van der Waals surface area contributed by atoms with E-state index >= 15 is 0 Å². The molecule has 0 bridgehead atoms. The van der Waals surface area contributed by atoms with Gasteiger partial charge in [0.2, 0.25) is 5.84 Å². The maximum atomic E-state index is 4.26. The fourth-order valence-corrected chi connectivity index (χ4v) is 3.06. The van der Waals surface area contributed by atoms with Gasteiger partial charge in [0.05, 0.1) is 26.1 Å². The first-order valence-corrected chi connectivity index (χ1v) is 6.93. The lowest BCUT2D eigenvalue weighted by Gasteiger charge is -2.24. The molecule has 0 atom stereocenters. The second-order valence-corrected chi connectivity index (χ2v) is 5.25. The monoisotopic (exact) mass is 241 g/mol. The molecule has 0 aliphatic carbocycles. The van der Waals surface area contributed by atoms with Crippen LogP contribution in [0.5, 0.6) is 0 Å². The third-order valence-corrected chi connectivity index (χ3v) is 3.98. The maximum absolute atomic E-state index is 4.26. The summed E-state index contributed by atoms with van der Waals surface area (Å²) in [5.41, 5.74) is 2.50. The topological polar surface area (TPSA) is 6.25 Å². The van der Waals surface area contributed by atoms with Crippen LogP contribution in [0.15, 0.2) is 36.9 Å². The van der Waals surface area contributed by atoms with E-state index in [1.54, 1.807) is 5.84 Å². The van der Waals surface area contributed by atoms with Crippen LogP contribution in [-0.2, 0) is 0 Å². The Kier molecular flexibility index (Phi) is 3.18. The van der Waals surface area contributed by atoms with E-state index in [-0.39, 0.29) is 0 Å². The zero-order chi connectivity index (χ0) is 12.4. The lowest BCUT2D eigenvalue weighted by molar-refractivity contribution is -0.529. The fourth-order valence-electron chi connectivity index (χ4n) is 3.06. The summed E-state index contributed by atoms with van der Waals surface area (Å²) in [7, 11) is 0. The predicted octanol–water partition coefficient (Wildman–Crippen LogP) is 2.61. The molecule has 2 heterocycles. The van der Waals surface area contributed by atoms with Crippen LogP contribution in [-0.4, -0.2) is 41.5 Å². The summed E-state index contributed by atoms with van der Waals surface area (Å²) in [6.45, 7) is 8.94. The van der Waals surface area contributed by atoms with Gasteiger partial charge in [-0.3, -0.25) is 9.48 Å². The first kappa shape index (κ1) is 11.5. The van der Waals surface area contributed by atoms with Crippen molar-refractivity contribution in [1.82, 2.24) is 4.90 Å². The second kappa shape index (κ2) is 4.97. The quantitative estimate of drug-likeness (QED) is 0.737. The molecule has 0 N–H and O–H groups in total. The molecule has 18 heavy (non-hydrogen) atoms. The molecule has 0 saturated heterocycles. The average Bonchev–Trinajstić information content (AvgIpc) is 2.89. The lowest BCUT2D eigenvalue weighted by atomic mass is 10.1. The molecule has 0 spiro atoms. The number of hydrogen-bond donors (Lipinski definition) is 0. The first-order valence-electron chi connectivity index (χ1n) is 6.93. The molecule has 0 amide bonds. The molecule has 1 aromatic rings. The van der Waals surface area contributed by atoms with Crippen molar-refractivity contribution in [3.63, 3.8) is 0 Å². The zero-order valence-corrected chi connectivity index (χ0v) is 10.9. The van der Waals surface area contributed by atoms with Crippen LogP contribution in [0.2, 0.25) is 0 Å². The van der Waals surface area contributed by atoms with Gasteiger partial charge in [0.25, 0.3) is 0 Å². The van der Waals surface area contributed by atoms with Gasteiger partial charge in [-0.15, -0.1) is 0 Å². The highest BCUT2D eigenvalue weighted by Gasteiger charge is 2.31. The van der Waals surface area contributed by atoms with E-state index < -0.39 is 0 Å². The smallest absolute Gasteiger partial charge is 0.247 e. The van der Waals surface area contributed by atoms with Crippen LogP contribution in [0.1, 0.15) is 24.8 Å². The molecule has 0 aromatic heterocycles. The minimum absolute atomic E-state index is 0.982. The van der Waals surface area contributed by atoms with E-state index in [0.717, 1.165) is 6.54 Å². The Morgan fingerprint density at radius 2 is 1.94 bits per heavy atom. The highest BCUT2D eigenvalue weighted by molar-refractivity contribution is 5.81. The lowest BCUT2D eigenvalue weighted by Crippen LogP contribution is -2.42. The van der Waals surface area contributed by atoms with Crippen LogP contribution in [0.25, 0.3) is 5.57 Å². The molecule has 0 unspecified atom stereocenters. The van der Waals surface area contributed by atoms with Crippen molar-refractivity contribution in [2.75, 3.05) is 26.2 Å². The highest BCUT2D eigenvalue weighted by atomic mass is 15.3. The Labute approximate surface area is 109 Å². The molecular weight excluding hydrogens is 220 g/mol. The van der Waals surface area contributed by atoms with Crippen LogP contribution in [0, 0.1) is 0 Å². The van der Waals surface area contributed by atoms with Gasteiger partial charge < -0.3 is 0 Å². The molecule has 0 radical (unpaired) electrons. The van der Waals surface area contributed by atoms with Crippen molar-refractivity contribution in [2.45, 2.75) is 19.3 Å². The second-order valence-electron chi connectivity index (χ2n) is 5.25. The van der Waals surface area contributed by atoms with E-state index in [0.29, 0.717) is 0 Å².